The lowest BCUT2D eigenvalue weighted by Gasteiger charge is -2.16. The maximum Gasteiger partial charge on any atom is 0.269 e. The first-order valence-electron chi connectivity index (χ1n) is 12.4. The van der Waals surface area contributed by atoms with Gasteiger partial charge in [0, 0.05) is 44.2 Å². The van der Waals surface area contributed by atoms with Gasteiger partial charge < -0.3 is 10.6 Å². The van der Waals surface area contributed by atoms with Gasteiger partial charge in [-0.05, 0) is 60.2 Å². The van der Waals surface area contributed by atoms with Crippen molar-refractivity contribution in [1.82, 2.24) is 4.98 Å². The lowest BCUT2D eigenvalue weighted by molar-refractivity contribution is -0.384. The van der Waals surface area contributed by atoms with E-state index in [2.05, 4.69) is 15.6 Å². The normalized spacial score (nSPS) is 11.5. The van der Waals surface area contributed by atoms with Crippen LogP contribution < -0.4 is 10.6 Å². The van der Waals surface area contributed by atoms with Crippen molar-refractivity contribution in [1.29, 1.82) is 0 Å². The van der Waals surface area contributed by atoms with Crippen molar-refractivity contribution in [3.63, 3.8) is 0 Å². The third-order valence-electron chi connectivity index (χ3n) is 5.99. The average molecular weight is 636 g/mol. The number of hydrogen-bond acceptors (Lipinski definition) is 7. The summed E-state index contributed by atoms with van der Waals surface area (Å²) in [6.07, 6.45) is 0. The fourth-order valence-electron chi connectivity index (χ4n) is 3.91. The van der Waals surface area contributed by atoms with Crippen molar-refractivity contribution in [2.45, 2.75) is 10.1 Å². The fraction of sp³-hybridized carbons (Fsp3) is 0.0333. The highest BCUT2D eigenvalue weighted by molar-refractivity contribution is 8.00. The summed E-state index contributed by atoms with van der Waals surface area (Å²) in [6, 6.07) is 27.0. The number of carbonyl (C=O) groups excluding carboxylic acids is 2. The zero-order valence-electron chi connectivity index (χ0n) is 21.5. The maximum absolute atomic E-state index is 13.5. The molecule has 5 aromatic rings. The van der Waals surface area contributed by atoms with Crippen LogP contribution in [0, 0.1) is 10.1 Å². The number of hydrogen-bond donors (Lipinski definition) is 2. The predicted octanol–water partition coefficient (Wildman–Crippen LogP) is 8.75. The Bertz CT molecular complexity index is 1750. The van der Waals surface area contributed by atoms with Crippen LogP contribution in [0.5, 0.6) is 0 Å². The standard InChI is InChI=1S/C30H20Cl2N4O4S2/c31-20-8-15-24(25(32)16-20)26-17-41-30(34-26)35-29(38)27(18-4-2-1-3-5-18)42-23-13-9-21(10-14-23)33-28(37)19-6-11-22(12-7-19)36(39)40/h1-17,27H,(H,33,37)(H,34,35,38). The third kappa shape index (κ3) is 7.15. The second-order valence-electron chi connectivity index (χ2n) is 8.84. The summed E-state index contributed by atoms with van der Waals surface area (Å²) in [4.78, 5) is 41.8. The molecular formula is C30H20Cl2N4O4S2. The minimum atomic E-state index is -0.585. The molecule has 1 atom stereocenters. The van der Waals surface area contributed by atoms with Gasteiger partial charge in [-0.1, -0.05) is 53.5 Å². The number of thiazole rings is 1. The molecule has 42 heavy (non-hydrogen) atoms. The van der Waals surface area contributed by atoms with Gasteiger partial charge in [-0.25, -0.2) is 4.98 Å². The summed E-state index contributed by atoms with van der Waals surface area (Å²) in [5.41, 5.74) is 2.90. The summed E-state index contributed by atoms with van der Waals surface area (Å²) in [5.74, 6) is -0.639. The number of anilines is 2. The van der Waals surface area contributed by atoms with E-state index in [1.165, 1.54) is 47.4 Å². The van der Waals surface area contributed by atoms with Crippen LogP contribution in [0.2, 0.25) is 10.0 Å². The number of aromatic nitrogens is 1. The first-order valence-corrected chi connectivity index (χ1v) is 14.9. The van der Waals surface area contributed by atoms with Gasteiger partial charge in [0.1, 0.15) is 5.25 Å². The zero-order chi connectivity index (χ0) is 29.6. The molecule has 0 bridgehead atoms. The summed E-state index contributed by atoms with van der Waals surface area (Å²) < 4.78 is 0. The Morgan fingerprint density at radius 1 is 0.905 bits per heavy atom. The van der Waals surface area contributed by atoms with E-state index in [9.17, 15) is 19.7 Å². The van der Waals surface area contributed by atoms with E-state index in [1.54, 1.807) is 30.3 Å². The van der Waals surface area contributed by atoms with Crippen LogP contribution in [-0.4, -0.2) is 21.7 Å². The number of non-ortho nitro benzene ring substituents is 1. The summed E-state index contributed by atoms with van der Waals surface area (Å²) >= 11 is 15.0. The van der Waals surface area contributed by atoms with Crippen molar-refractivity contribution in [3.8, 4) is 11.3 Å². The van der Waals surface area contributed by atoms with Gasteiger partial charge in [0.15, 0.2) is 5.13 Å². The highest BCUT2D eigenvalue weighted by Crippen LogP contribution is 2.38. The number of nitro groups is 1. The molecule has 0 fully saturated rings. The monoisotopic (exact) mass is 634 g/mol. The number of nitrogens with one attached hydrogen (secondary N) is 2. The molecule has 0 radical (unpaired) electrons. The van der Waals surface area contributed by atoms with E-state index in [4.69, 9.17) is 23.2 Å². The van der Waals surface area contributed by atoms with Gasteiger partial charge in [0.25, 0.3) is 11.6 Å². The van der Waals surface area contributed by atoms with E-state index >= 15 is 0 Å². The number of nitrogens with zero attached hydrogens (tertiary/aromatic N) is 2. The van der Waals surface area contributed by atoms with Crippen LogP contribution in [0.15, 0.2) is 107 Å². The molecule has 1 aromatic heterocycles. The molecule has 8 nitrogen and oxygen atoms in total. The number of nitro benzene ring substituents is 1. The largest absolute Gasteiger partial charge is 0.322 e. The molecule has 2 amide bonds. The molecule has 4 aromatic carbocycles. The Morgan fingerprint density at radius 3 is 2.29 bits per heavy atom. The number of carbonyl (C=O) groups is 2. The molecule has 0 aliphatic carbocycles. The Morgan fingerprint density at radius 2 is 1.62 bits per heavy atom. The van der Waals surface area contributed by atoms with E-state index in [-0.39, 0.29) is 11.6 Å². The van der Waals surface area contributed by atoms with Crippen LogP contribution in [0.1, 0.15) is 21.2 Å². The zero-order valence-corrected chi connectivity index (χ0v) is 24.6. The second kappa shape index (κ2) is 13.2. The van der Waals surface area contributed by atoms with Crippen molar-refractivity contribution >= 4 is 74.6 Å². The Kier molecular flexibility index (Phi) is 9.19. The third-order valence-corrected chi connectivity index (χ3v) is 8.56. The maximum atomic E-state index is 13.5. The number of thioether (sulfide) groups is 1. The topological polar surface area (TPSA) is 114 Å². The average Bonchev–Trinajstić information content (AvgIpc) is 3.45. The smallest absolute Gasteiger partial charge is 0.269 e. The molecule has 1 unspecified atom stereocenters. The van der Waals surface area contributed by atoms with Crippen molar-refractivity contribution in [3.05, 3.63) is 134 Å². The Labute approximate surface area is 258 Å². The van der Waals surface area contributed by atoms with Crippen molar-refractivity contribution in [2.24, 2.45) is 0 Å². The van der Waals surface area contributed by atoms with Crippen molar-refractivity contribution < 1.29 is 14.5 Å². The van der Waals surface area contributed by atoms with E-state index in [0.717, 1.165) is 10.5 Å². The van der Waals surface area contributed by atoms with Gasteiger partial charge in [-0.15, -0.1) is 23.1 Å². The highest BCUT2D eigenvalue weighted by atomic mass is 35.5. The van der Waals surface area contributed by atoms with Crippen LogP contribution in [0.25, 0.3) is 11.3 Å². The summed E-state index contributed by atoms with van der Waals surface area (Å²) in [7, 11) is 0. The van der Waals surface area contributed by atoms with Crippen LogP contribution >= 0.6 is 46.3 Å². The molecule has 2 N–H and O–H groups in total. The molecule has 0 spiro atoms. The predicted molar refractivity (Wildman–Crippen MR) is 169 cm³/mol. The Balaban J connectivity index is 1.28. The van der Waals surface area contributed by atoms with Gasteiger partial charge in [-0.2, -0.15) is 0 Å². The molecule has 0 aliphatic heterocycles. The highest BCUT2D eigenvalue weighted by Gasteiger charge is 2.23. The number of amides is 2. The van der Waals surface area contributed by atoms with E-state index in [0.29, 0.717) is 37.7 Å². The van der Waals surface area contributed by atoms with Crippen molar-refractivity contribution in [2.75, 3.05) is 10.6 Å². The Hall–Kier alpha value is -4.22. The second-order valence-corrected chi connectivity index (χ2v) is 11.7. The number of halogens is 2. The van der Waals surface area contributed by atoms with Crippen LogP contribution in [-0.2, 0) is 4.79 Å². The fourth-order valence-corrected chi connectivity index (χ4v) is 6.16. The quantitative estimate of drug-likeness (QED) is 0.0951. The molecule has 5 rings (SSSR count). The van der Waals surface area contributed by atoms with E-state index in [1.807, 2.05) is 47.8 Å². The lowest BCUT2D eigenvalue weighted by atomic mass is 10.1. The lowest BCUT2D eigenvalue weighted by Crippen LogP contribution is -2.19. The minimum Gasteiger partial charge on any atom is -0.322 e. The first-order chi connectivity index (χ1) is 20.3. The molecule has 0 saturated carbocycles. The van der Waals surface area contributed by atoms with Gasteiger partial charge in [0.2, 0.25) is 5.91 Å². The van der Waals surface area contributed by atoms with E-state index < -0.39 is 16.1 Å². The minimum absolute atomic E-state index is 0.0915. The number of benzene rings is 4. The van der Waals surface area contributed by atoms with Gasteiger partial charge in [-0.3, -0.25) is 19.7 Å². The summed E-state index contributed by atoms with van der Waals surface area (Å²) in [6.45, 7) is 0. The summed E-state index contributed by atoms with van der Waals surface area (Å²) in [5, 5.41) is 19.2. The molecule has 210 valence electrons. The molecule has 0 saturated heterocycles. The number of rotatable bonds is 9. The van der Waals surface area contributed by atoms with Crippen LogP contribution in [0.4, 0.5) is 16.5 Å². The van der Waals surface area contributed by atoms with Gasteiger partial charge in [0.05, 0.1) is 15.6 Å². The molecule has 12 heteroatoms. The molecule has 1 heterocycles. The van der Waals surface area contributed by atoms with Crippen LogP contribution in [0.3, 0.4) is 0 Å². The van der Waals surface area contributed by atoms with Gasteiger partial charge >= 0.3 is 0 Å². The molecular weight excluding hydrogens is 615 g/mol. The molecule has 0 aliphatic rings. The SMILES string of the molecule is O=C(Nc1ccc(SC(C(=O)Nc2nc(-c3ccc(Cl)cc3Cl)cs2)c2ccccc2)cc1)c1ccc([N+](=O)[O-])cc1. The first kappa shape index (κ1) is 29.3.